The summed E-state index contributed by atoms with van der Waals surface area (Å²) in [6.07, 6.45) is 5.91. The number of hydrogen-bond acceptors (Lipinski definition) is 3. The van der Waals surface area contributed by atoms with Gasteiger partial charge in [0, 0.05) is 12.5 Å². The molecule has 5 heteroatoms. The SMILES string of the molecule is CCCCCCCC(=O)Nc1cccc([N+](=O)[O-])c1C. The summed E-state index contributed by atoms with van der Waals surface area (Å²) in [6.45, 7) is 3.80. The molecule has 110 valence electrons. The molecule has 5 nitrogen and oxygen atoms in total. The third-order valence-corrected chi connectivity index (χ3v) is 3.28. The topological polar surface area (TPSA) is 72.2 Å². The van der Waals surface area contributed by atoms with Gasteiger partial charge in [0.25, 0.3) is 5.69 Å². The fourth-order valence-electron chi connectivity index (χ4n) is 2.06. The van der Waals surface area contributed by atoms with E-state index in [1.807, 2.05) is 0 Å². The Morgan fingerprint density at radius 2 is 1.95 bits per heavy atom. The van der Waals surface area contributed by atoms with Crippen LogP contribution in [0, 0.1) is 17.0 Å². The van der Waals surface area contributed by atoms with Crippen LogP contribution in [0.2, 0.25) is 0 Å². The smallest absolute Gasteiger partial charge is 0.274 e. The molecular weight excluding hydrogens is 256 g/mol. The van der Waals surface area contributed by atoms with E-state index in [0.717, 1.165) is 19.3 Å². The zero-order valence-corrected chi connectivity index (χ0v) is 12.1. The van der Waals surface area contributed by atoms with Gasteiger partial charge in [0.05, 0.1) is 16.2 Å². The molecule has 1 N–H and O–H groups in total. The standard InChI is InChI=1S/C15H22N2O3/c1-3-4-5-6-7-11-15(18)16-13-9-8-10-14(12(13)2)17(19)20/h8-10H,3-7,11H2,1-2H3,(H,16,18). The van der Waals surface area contributed by atoms with E-state index in [1.54, 1.807) is 19.1 Å². The van der Waals surface area contributed by atoms with E-state index in [4.69, 9.17) is 0 Å². The van der Waals surface area contributed by atoms with E-state index in [-0.39, 0.29) is 11.6 Å². The van der Waals surface area contributed by atoms with Crippen molar-refractivity contribution in [2.75, 3.05) is 5.32 Å². The molecule has 0 unspecified atom stereocenters. The van der Waals surface area contributed by atoms with Crippen LogP contribution in [0.3, 0.4) is 0 Å². The molecule has 0 aromatic heterocycles. The van der Waals surface area contributed by atoms with Crippen molar-refractivity contribution in [3.8, 4) is 0 Å². The van der Waals surface area contributed by atoms with Crippen molar-refractivity contribution in [2.24, 2.45) is 0 Å². The molecule has 0 radical (unpaired) electrons. The van der Waals surface area contributed by atoms with Crippen LogP contribution in [0.4, 0.5) is 11.4 Å². The van der Waals surface area contributed by atoms with Crippen LogP contribution < -0.4 is 5.32 Å². The first-order valence-electron chi connectivity index (χ1n) is 7.10. The van der Waals surface area contributed by atoms with Crippen LogP contribution in [0.5, 0.6) is 0 Å². The average molecular weight is 278 g/mol. The first kappa shape index (κ1) is 16.1. The number of rotatable bonds is 8. The second kappa shape index (κ2) is 8.30. The van der Waals surface area contributed by atoms with Gasteiger partial charge in [0.2, 0.25) is 5.91 Å². The summed E-state index contributed by atoms with van der Waals surface area (Å²) in [7, 11) is 0. The third kappa shape index (κ3) is 4.99. The summed E-state index contributed by atoms with van der Waals surface area (Å²) in [6, 6.07) is 4.72. The van der Waals surface area contributed by atoms with Crippen LogP contribution in [0.15, 0.2) is 18.2 Å². The summed E-state index contributed by atoms with van der Waals surface area (Å²) in [5.41, 5.74) is 1.06. The minimum Gasteiger partial charge on any atom is -0.326 e. The molecule has 0 spiro atoms. The van der Waals surface area contributed by atoms with Crippen molar-refractivity contribution < 1.29 is 9.72 Å². The lowest BCUT2D eigenvalue weighted by atomic mass is 10.1. The van der Waals surface area contributed by atoms with Gasteiger partial charge in [-0.1, -0.05) is 38.7 Å². The Morgan fingerprint density at radius 1 is 1.25 bits per heavy atom. The van der Waals surface area contributed by atoms with Gasteiger partial charge in [-0.15, -0.1) is 0 Å². The molecule has 0 atom stereocenters. The van der Waals surface area contributed by atoms with Gasteiger partial charge < -0.3 is 5.32 Å². The van der Waals surface area contributed by atoms with Crippen LogP contribution >= 0.6 is 0 Å². The van der Waals surface area contributed by atoms with Crippen molar-refractivity contribution in [1.82, 2.24) is 0 Å². The van der Waals surface area contributed by atoms with Crippen molar-refractivity contribution in [1.29, 1.82) is 0 Å². The monoisotopic (exact) mass is 278 g/mol. The van der Waals surface area contributed by atoms with E-state index < -0.39 is 4.92 Å². The van der Waals surface area contributed by atoms with E-state index in [0.29, 0.717) is 17.7 Å². The second-order valence-electron chi connectivity index (χ2n) is 4.92. The number of anilines is 1. The third-order valence-electron chi connectivity index (χ3n) is 3.28. The molecule has 0 aliphatic heterocycles. The number of carbonyl (C=O) groups is 1. The minimum atomic E-state index is -0.435. The molecule has 0 aliphatic rings. The average Bonchev–Trinajstić information content (AvgIpc) is 2.40. The van der Waals surface area contributed by atoms with E-state index in [2.05, 4.69) is 12.2 Å². The lowest BCUT2D eigenvalue weighted by Gasteiger charge is -2.08. The van der Waals surface area contributed by atoms with Crippen LogP contribution in [-0.4, -0.2) is 10.8 Å². The lowest BCUT2D eigenvalue weighted by molar-refractivity contribution is -0.385. The van der Waals surface area contributed by atoms with Crippen LogP contribution in [0.25, 0.3) is 0 Å². The molecule has 0 fully saturated rings. The van der Waals surface area contributed by atoms with Gasteiger partial charge in [0.15, 0.2) is 0 Å². The number of nitro benzene ring substituents is 1. The number of nitrogens with zero attached hydrogens (tertiary/aromatic N) is 1. The number of nitrogens with one attached hydrogen (secondary N) is 1. The number of hydrogen-bond donors (Lipinski definition) is 1. The highest BCUT2D eigenvalue weighted by Crippen LogP contribution is 2.25. The Hall–Kier alpha value is -1.91. The predicted molar refractivity (Wildman–Crippen MR) is 79.8 cm³/mol. The summed E-state index contributed by atoms with van der Waals surface area (Å²) in [5, 5.41) is 13.6. The quantitative estimate of drug-likeness (QED) is 0.440. The fraction of sp³-hybridized carbons (Fsp3) is 0.533. The first-order valence-corrected chi connectivity index (χ1v) is 7.10. The molecule has 1 aromatic carbocycles. The summed E-state index contributed by atoms with van der Waals surface area (Å²) < 4.78 is 0. The fourth-order valence-corrected chi connectivity index (χ4v) is 2.06. The highest BCUT2D eigenvalue weighted by Gasteiger charge is 2.14. The molecule has 20 heavy (non-hydrogen) atoms. The highest BCUT2D eigenvalue weighted by molar-refractivity contribution is 5.92. The number of amides is 1. The minimum absolute atomic E-state index is 0.0331. The number of carbonyl (C=O) groups excluding carboxylic acids is 1. The molecule has 1 rings (SSSR count). The maximum absolute atomic E-state index is 11.8. The Labute approximate surface area is 119 Å². The number of benzene rings is 1. The van der Waals surface area contributed by atoms with Crippen molar-refractivity contribution in [3.63, 3.8) is 0 Å². The first-order chi connectivity index (χ1) is 9.56. The largest absolute Gasteiger partial charge is 0.326 e. The Morgan fingerprint density at radius 3 is 2.60 bits per heavy atom. The Bertz CT molecular complexity index is 472. The molecular formula is C15H22N2O3. The maximum Gasteiger partial charge on any atom is 0.274 e. The zero-order valence-electron chi connectivity index (χ0n) is 12.1. The Kier molecular flexibility index (Phi) is 6.70. The lowest BCUT2D eigenvalue weighted by Crippen LogP contribution is -2.12. The predicted octanol–water partition coefficient (Wildman–Crippen LogP) is 4.20. The van der Waals surface area contributed by atoms with Gasteiger partial charge in [-0.05, 0) is 19.4 Å². The van der Waals surface area contributed by atoms with Gasteiger partial charge >= 0.3 is 0 Å². The number of unbranched alkanes of at least 4 members (excludes halogenated alkanes) is 4. The highest BCUT2D eigenvalue weighted by atomic mass is 16.6. The van der Waals surface area contributed by atoms with Crippen LogP contribution in [-0.2, 0) is 4.79 Å². The van der Waals surface area contributed by atoms with E-state index >= 15 is 0 Å². The molecule has 0 aliphatic carbocycles. The van der Waals surface area contributed by atoms with E-state index in [9.17, 15) is 14.9 Å². The molecule has 0 saturated heterocycles. The van der Waals surface area contributed by atoms with Crippen LogP contribution in [0.1, 0.15) is 51.0 Å². The van der Waals surface area contributed by atoms with Gasteiger partial charge in [-0.25, -0.2) is 0 Å². The molecule has 0 saturated carbocycles. The van der Waals surface area contributed by atoms with Gasteiger partial charge in [0.1, 0.15) is 0 Å². The van der Waals surface area contributed by atoms with Crippen molar-refractivity contribution in [3.05, 3.63) is 33.9 Å². The molecule has 1 aromatic rings. The van der Waals surface area contributed by atoms with Crippen molar-refractivity contribution in [2.45, 2.75) is 52.4 Å². The molecule has 0 bridgehead atoms. The summed E-state index contributed by atoms with van der Waals surface area (Å²) in [5.74, 6) is -0.0786. The molecule has 1 amide bonds. The maximum atomic E-state index is 11.8. The number of nitro groups is 1. The van der Waals surface area contributed by atoms with Gasteiger partial charge in [-0.2, -0.15) is 0 Å². The normalized spacial score (nSPS) is 10.3. The zero-order chi connectivity index (χ0) is 15.0. The van der Waals surface area contributed by atoms with Gasteiger partial charge in [-0.3, -0.25) is 14.9 Å². The second-order valence-corrected chi connectivity index (χ2v) is 4.92. The summed E-state index contributed by atoms with van der Waals surface area (Å²) in [4.78, 5) is 22.2. The molecule has 0 heterocycles. The Balaban J connectivity index is 2.50. The van der Waals surface area contributed by atoms with Crippen molar-refractivity contribution >= 4 is 17.3 Å². The summed E-state index contributed by atoms with van der Waals surface area (Å²) >= 11 is 0. The van der Waals surface area contributed by atoms with E-state index in [1.165, 1.54) is 18.9 Å².